The summed E-state index contributed by atoms with van der Waals surface area (Å²) in [6, 6.07) is 13.7. The summed E-state index contributed by atoms with van der Waals surface area (Å²) < 4.78 is 5.64. The van der Waals surface area contributed by atoms with Gasteiger partial charge in [0.1, 0.15) is 5.75 Å². The van der Waals surface area contributed by atoms with Crippen LogP contribution in [0.15, 0.2) is 48.5 Å². The highest BCUT2D eigenvalue weighted by molar-refractivity contribution is 5.97. The maximum Gasteiger partial charge on any atom is 0.335 e. The SMILES string of the molecule is CC(NC(=O)c1cccc(C(=O)O)c1)C1COc2ccccc21. The zero-order valence-corrected chi connectivity index (χ0v) is 12.7. The fourth-order valence-corrected chi connectivity index (χ4v) is 2.79. The number of carboxylic acid groups (broad SMARTS) is 1. The van der Waals surface area contributed by atoms with E-state index in [4.69, 9.17) is 9.84 Å². The lowest BCUT2D eigenvalue weighted by Gasteiger charge is -2.20. The quantitative estimate of drug-likeness (QED) is 0.910. The summed E-state index contributed by atoms with van der Waals surface area (Å²) in [5, 5.41) is 11.9. The van der Waals surface area contributed by atoms with Crippen molar-refractivity contribution in [2.75, 3.05) is 6.61 Å². The lowest BCUT2D eigenvalue weighted by molar-refractivity contribution is 0.0697. The molecule has 118 valence electrons. The topological polar surface area (TPSA) is 75.6 Å². The van der Waals surface area contributed by atoms with E-state index in [0.717, 1.165) is 11.3 Å². The standard InChI is InChI=1S/C18H17NO4/c1-11(15-10-23-16-8-3-2-7-14(15)16)19-17(20)12-5-4-6-13(9-12)18(21)22/h2-9,11,15H,10H2,1H3,(H,19,20)(H,21,22). The number of hydrogen-bond donors (Lipinski definition) is 2. The van der Waals surface area contributed by atoms with Gasteiger partial charge in [-0.3, -0.25) is 4.79 Å². The van der Waals surface area contributed by atoms with Crippen molar-refractivity contribution in [3.05, 3.63) is 65.2 Å². The Kier molecular flexibility index (Phi) is 4.02. The van der Waals surface area contributed by atoms with Gasteiger partial charge in [0.15, 0.2) is 0 Å². The van der Waals surface area contributed by atoms with Gasteiger partial charge in [-0.2, -0.15) is 0 Å². The molecule has 5 nitrogen and oxygen atoms in total. The smallest absolute Gasteiger partial charge is 0.335 e. The summed E-state index contributed by atoms with van der Waals surface area (Å²) in [6.07, 6.45) is 0. The van der Waals surface area contributed by atoms with Crippen LogP contribution >= 0.6 is 0 Å². The van der Waals surface area contributed by atoms with Gasteiger partial charge in [0, 0.05) is 23.1 Å². The number of carbonyl (C=O) groups excluding carboxylic acids is 1. The highest BCUT2D eigenvalue weighted by Gasteiger charge is 2.29. The van der Waals surface area contributed by atoms with E-state index >= 15 is 0 Å². The summed E-state index contributed by atoms with van der Waals surface area (Å²) in [5.74, 6) is -0.403. The van der Waals surface area contributed by atoms with Gasteiger partial charge in [-0.15, -0.1) is 0 Å². The molecule has 1 amide bonds. The van der Waals surface area contributed by atoms with Crippen molar-refractivity contribution in [2.24, 2.45) is 0 Å². The monoisotopic (exact) mass is 311 g/mol. The van der Waals surface area contributed by atoms with Crippen LogP contribution < -0.4 is 10.1 Å². The van der Waals surface area contributed by atoms with Gasteiger partial charge in [-0.05, 0) is 31.2 Å². The molecule has 1 aliphatic heterocycles. The highest BCUT2D eigenvalue weighted by Crippen LogP contribution is 2.35. The molecule has 5 heteroatoms. The Morgan fingerprint density at radius 1 is 1.17 bits per heavy atom. The van der Waals surface area contributed by atoms with Crippen LogP contribution in [0.3, 0.4) is 0 Å². The summed E-state index contributed by atoms with van der Waals surface area (Å²) >= 11 is 0. The van der Waals surface area contributed by atoms with E-state index in [-0.39, 0.29) is 23.4 Å². The van der Waals surface area contributed by atoms with E-state index in [1.807, 2.05) is 31.2 Å². The van der Waals surface area contributed by atoms with Gasteiger partial charge in [-0.1, -0.05) is 24.3 Å². The number of para-hydroxylation sites is 1. The first kappa shape index (κ1) is 15.1. The Bertz CT molecular complexity index is 756. The molecule has 1 heterocycles. The van der Waals surface area contributed by atoms with E-state index < -0.39 is 5.97 Å². The summed E-state index contributed by atoms with van der Waals surface area (Å²) in [7, 11) is 0. The molecule has 0 aromatic heterocycles. The molecule has 0 aliphatic carbocycles. The highest BCUT2D eigenvalue weighted by atomic mass is 16.5. The molecule has 0 saturated carbocycles. The van der Waals surface area contributed by atoms with Crippen LogP contribution in [0.25, 0.3) is 0 Å². The molecule has 0 bridgehead atoms. The van der Waals surface area contributed by atoms with Crippen molar-refractivity contribution < 1.29 is 19.4 Å². The molecule has 0 spiro atoms. The average molecular weight is 311 g/mol. The number of amides is 1. The minimum atomic E-state index is -1.05. The number of rotatable bonds is 4. The van der Waals surface area contributed by atoms with Gasteiger partial charge < -0.3 is 15.2 Å². The van der Waals surface area contributed by atoms with E-state index in [9.17, 15) is 9.59 Å². The summed E-state index contributed by atoms with van der Waals surface area (Å²) in [5.41, 5.74) is 1.52. The Morgan fingerprint density at radius 3 is 2.70 bits per heavy atom. The Hall–Kier alpha value is -2.82. The van der Waals surface area contributed by atoms with Crippen molar-refractivity contribution in [2.45, 2.75) is 18.9 Å². The van der Waals surface area contributed by atoms with Crippen LogP contribution in [0.4, 0.5) is 0 Å². The molecule has 2 N–H and O–H groups in total. The Balaban J connectivity index is 1.73. The number of benzene rings is 2. The minimum Gasteiger partial charge on any atom is -0.493 e. The number of carbonyl (C=O) groups is 2. The van der Waals surface area contributed by atoms with E-state index in [1.165, 1.54) is 12.1 Å². The second-order valence-corrected chi connectivity index (χ2v) is 5.60. The largest absolute Gasteiger partial charge is 0.493 e. The normalized spacial score (nSPS) is 17.0. The number of hydrogen-bond acceptors (Lipinski definition) is 3. The van der Waals surface area contributed by atoms with Crippen molar-refractivity contribution in [3.63, 3.8) is 0 Å². The predicted octanol–water partition coefficient (Wildman–Crippen LogP) is 2.68. The third-order valence-corrected chi connectivity index (χ3v) is 4.07. The maximum atomic E-state index is 12.4. The minimum absolute atomic E-state index is 0.0813. The van der Waals surface area contributed by atoms with E-state index in [0.29, 0.717) is 12.2 Å². The first-order valence-electron chi connectivity index (χ1n) is 7.42. The Morgan fingerprint density at radius 2 is 1.91 bits per heavy atom. The number of ether oxygens (including phenoxy) is 1. The molecule has 0 fully saturated rings. The fourth-order valence-electron chi connectivity index (χ4n) is 2.79. The van der Waals surface area contributed by atoms with Crippen LogP contribution in [-0.2, 0) is 0 Å². The van der Waals surface area contributed by atoms with Crippen molar-refractivity contribution in [3.8, 4) is 5.75 Å². The molecular formula is C18H17NO4. The second kappa shape index (κ2) is 6.12. The summed E-state index contributed by atoms with van der Waals surface area (Å²) in [6.45, 7) is 2.45. The maximum absolute atomic E-state index is 12.4. The zero-order chi connectivity index (χ0) is 16.4. The summed E-state index contributed by atoms with van der Waals surface area (Å²) in [4.78, 5) is 23.3. The zero-order valence-electron chi connectivity index (χ0n) is 12.7. The van der Waals surface area contributed by atoms with Gasteiger partial charge >= 0.3 is 5.97 Å². The van der Waals surface area contributed by atoms with Crippen LogP contribution in [0, 0.1) is 0 Å². The lowest BCUT2D eigenvalue weighted by Crippen LogP contribution is -2.37. The van der Waals surface area contributed by atoms with Gasteiger partial charge in [0.2, 0.25) is 0 Å². The number of carboxylic acids is 1. The third-order valence-electron chi connectivity index (χ3n) is 4.07. The number of fused-ring (bicyclic) bond motifs is 1. The molecule has 23 heavy (non-hydrogen) atoms. The average Bonchev–Trinajstić information content (AvgIpc) is 2.99. The first-order chi connectivity index (χ1) is 11.1. The van der Waals surface area contributed by atoms with Gasteiger partial charge in [-0.25, -0.2) is 4.79 Å². The van der Waals surface area contributed by atoms with Crippen LogP contribution in [0.1, 0.15) is 39.1 Å². The lowest BCUT2D eigenvalue weighted by atomic mass is 9.94. The van der Waals surface area contributed by atoms with Crippen LogP contribution in [0.5, 0.6) is 5.75 Å². The second-order valence-electron chi connectivity index (χ2n) is 5.60. The van der Waals surface area contributed by atoms with Crippen molar-refractivity contribution in [1.82, 2.24) is 5.32 Å². The van der Waals surface area contributed by atoms with Gasteiger partial charge in [0.25, 0.3) is 5.91 Å². The number of nitrogens with one attached hydrogen (secondary N) is 1. The van der Waals surface area contributed by atoms with Crippen molar-refractivity contribution in [1.29, 1.82) is 0 Å². The Labute approximate surface area is 133 Å². The molecule has 2 aromatic rings. The van der Waals surface area contributed by atoms with Crippen LogP contribution in [-0.4, -0.2) is 29.6 Å². The van der Waals surface area contributed by atoms with E-state index in [1.54, 1.807) is 12.1 Å². The van der Waals surface area contributed by atoms with Gasteiger partial charge in [0.05, 0.1) is 12.2 Å². The molecule has 0 saturated heterocycles. The molecular weight excluding hydrogens is 294 g/mol. The number of aromatic carboxylic acids is 1. The fraction of sp³-hybridized carbons (Fsp3) is 0.222. The third kappa shape index (κ3) is 3.04. The molecule has 2 unspecified atom stereocenters. The first-order valence-corrected chi connectivity index (χ1v) is 7.42. The molecule has 2 atom stereocenters. The van der Waals surface area contributed by atoms with Crippen LogP contribution in [0.2, 0.25) is 0 Å². The molecule has 0 radical (unpaired) electrons. The van der Waals surface area contributed by atoms with Crippen molar-refractivity contribution >= 4 is 11.9 Å². The molecule has 1 aliphatic rings. The predicted molar refractivity (Wildman–Crippen MR) is 85.0 cm³/mol. The molecule has 2 aromatic carbocycles. The van der Waals surface area contributed by atoms with E-state index in [2.05, 4.69) is 5.32 Å². The molecule has 3 rings (SSSR count).